The van der Waals surface area contributed by atoms with Gasteiger partial charge in [0.25, 0.3) is 5.79 Å². The van der Waals surface area contributed by atoms with E-state index in [9.17, 15) is 50.8 Å². The Hall–Kier alpha value is -1.05. The molecule has 9 N–H and O–H groups in total. The Bertz CT molecular complexity index is 687. The van der Waals surface area contributed by atoms with Crippen LogP contribution in [-0.2, 0) is 23.7 Å². The van der Waals surface area contributed by atoms with Crippen LogP contribution in [0, 0.1) is 0 Å². The van der Waals surface area contributed by atoms with Crippen molar-refractivity contribution in [1.82, 2.24) is 4.90 Å². The first-order valence-corrected chi connectivity index (χ1v) is 11.8. The third-order valence-electron chi connectivity index (χ3n) is 6.28. The van der Waals surface area contributed by atoms with E-state index in [0.717, 1.165) is 13.0 Å². The van der Waals surface area contributed by atoms with E-state index in [0.29, 0.717) is 6.54 Å². The number of carboxylic acids is 1. The van der Waals surface area contributed by atoms with Gasteiger partial charge in [-0.05, 0) is 20.0 Å². The van der Waals surface area contributed by atoms with Crippen molar-refractivity contribution >= 4 is 5.97 Å². The van der Waals surface area contributed by atoms with Crippen molar-refractivity contribution in [3.8, 4) is 0 Å². The third-order valence-corrected chi connectivity index (χ3v) is 6.28. The summed E-state index contributed by atoms with van der Waals surface area (Å²) >= 11 is 0. The summed E-state index contributed by atoms with van der Waals surface area (Å²) in [7, 11) is 1.81. The van der Waals surface area contributed by atoms with Gasteiger partial charge < -0.3 is 69.8 Å². The number of rotatable bonds is 13. The number of carboxylic acid groups (broad SMARTS) is 1. The van der Waals surface area contributed by atoms with Gasteiger partial charge in [0.05, 0.1) is 25.9 Å². The molecule has 2 aliphatic heterocycles. The molecule has 2 fully saturated rings. The summed E-state index contributed by atoms with van der Waals surface area (Å²) in [5, 5.41) is 90.1. The lowest BCUT2D eigenvalue weighted by Crippen LogP contribution is -2.67. The van der Waals surface area contributed by atoms with E-state index in [1.165, 1.54) is 0 Å². The van der Waals surface area contributed by atoms with Crippen molar-refractivity contribution in [3.63, 3.8) is 0 Å². The zero-order chi connectivity index (χ0) is 27.2. The maximum absolute atomic E-state index is 12.1. The summed E-state index contributed by atoms with van der Waals surface area (Å²) in [4.78, 5) is 14.0. The van der Waals surface area contributed by atoms with E-state index < -0.39 is 92.6 Å². The summed E-state index contributed by atoms with van der Waals surface area (Å²) in [5.41, 5.74) is 0. The number of carbonyl (C=O) groups is 1. The van der Waals surface area contributed by atoms with Gasteiger partial charge >= 0.3 is 5.97 Å². The molecule has 3 unspecified atom stereocenters. The first-order chi connectivity index (χ1) is 16.9. The number of likely N-dealkylation sites (N-methyl/N-ethyl adjacent to an activating group) is 1. The minimum absolute atomic E-state index is 0.0990. The Morgan fingerprint density at radius 1 is 1.03 bits per heavy atom. The molecule has 15 nitrogen and oxygen atoms in total. The van der Waals surface area contributed by atoms with Crippen molar-refractivity contribution in [2.45, 2.75) is 86.8 Å². The summed E-state index contributed by atoms with van der Waals surface area (Å²) in [6, 6.07) is 0. The van der Waals surface area contributed by atoms with Gasteiger partial charge in [-0.3, -0.25) is 0 Å². The van der Waals surface area contributed by atoms with Crippen molar-refractivity contribution in [2.75, 3.05) is 40.0 Å². The maximum atomic E-state index is 12.1. The Labute approximate surface area is 208 Å². The highest BCUT2D eigenvalue weighted by molar-refractivity contribution is 5.76. The highest BCUT2D eigenvalue weighted by Crippen LogP contribution is 2.36. The van der Waals surface area contributed by atoms with Crippen molar-refractivity contribution < 1.29 is 69.7 Å². The van der Waals surface area contributed by atoms with Gasteiger partial charge in [-0.1, -0.05) is 6.92 Å². The fraction of sp³-hybridized carbons (Fsp3) is 0.952. The van der Waals surface area contributed by atoms with Gasteiger partial charge in [-0.15, -0.1) is 0 Å². The molecule has 0 aliphatic carbocycles. The SMILES string of the molecule is CCCN(C)CCO[C@]1(C(=O)O)C[C@@H](O)[C@@H](O[C@H]2OC([C@@H](O)CO)[C@@H](O)C(O)[C@H]2O)C([C@H](O)CO)O1. The van der Waals surface area contributed by atoms with Crippen LogP contribution in [0.5, 0.6) is 0 Å². The predicted molar refractivity (Wildman–Crippen MR) is 117 cm³/mol. The molecule has 212 valence electrons. The zero-order valence-corrected chi connectivity index (χ0v) is 20.2. The number of aliphatic carboxylic acids is 1. The van der Waals surface area contributed by atoms with Crippen LogP contribution in [0.15, 0.2) is 0 Å². The van der Waals surface area contributed by atoms with E-state index in [1.54, 1.807) is 7.05 Å². The Kier molecular flexibility index (Phi) is 11.8. The largest absolute Gasteiger partial charge is 0.477 e. The van der Waals surface area contributed by atoms with Crippen LogP contribution < -0.4 is 0 Å². The van der Waals surface area contributed by atoms with Crippen LogP contribution in [0.2, 0.25) is 0 Å². The summed E-state index contributed by atoms with van der Waals surface area (Å²) in [6.45, 7) is 1.16. The molecule has 36 heavy (non-hydrogen) atoms. The second-order valence-corrected chi connectivity index (χ2v) is 9.11. The van der Waals surface area contributed by atoms with E-state index in [4.69, 9.17) is 18.9 Å². The molecule has 15 heteroatoms. The van der Waals surface area contributed by atoms with Crippen LogP contribution in [0.1, 0.15) is 19.8 Å². The van der Waals surface area contributed by atoms with Crippen LogP contribution in [0.4, 0.5) is 0 Å². The van der Waals surface area contributed by atoms with Gasteiger partial charge in [0, 0.05) is 13.0 Å². The highest BCUT2D eigenvalue weighted by Gasteiger charge is 2.57. The smallest absolute Gasteiger partial charge is 0.364 e. The molecule has 2 heterocycles. The van der Waals surface area contributed by atoms with Crippen LogP contribution in [0.25, 0.3) is 0 Å². The van der Waals surface area contributed by atoms with Crippen LogP contribution in [-0.4, -0.2) is 164 Å². The molecule has 0 bridgehead atoms. The molecule has 0 radical (unpaired) electrons. The third kappa shape index (κ3) is 7.08. The Balaban J connectivity index is 2.24. The molecule has 0 saturated carbocycles. The molecule has 2 rings (SSSR count). The first kappa shape index (κ1) is 31.2. The lowest BCUT2D eigenvalue weighted by atomic mass is 9.91. The number of aliphatic hydroxyl groups is 8. The van der Waals surface area contributed by atoms with E-state index >= 15 is 0 Å². The number of aliphatic hydroxyl groups excluding tert-OH is 8. The Morgan fingerprint density at radius 2 is 1.64 bits per heavy atom. The van der Waals surface area contributed by atoms with Gasteiger partial charge in [0.15, 0.2) is 6.29 Å². The molecule has 11 atom stereocenters. The molecule has 2 aliphatic rings. The van der Waals surface area contributed by atoms with E-state index in [2.05, 4.69) is 0 Å². The van der Waals surface area contributed by atoms with Crippen molar-refractivity contribution in [2.24, 2.45) is 0 Å². The standard InChI is InChI=1S/C21H39NO14/c1-3-4-22(2)5-6-33-21(20(31)32)7-10(25)17(18(36-21)12(27)9-24)35-19-15(30)13(28)14(29)16(34-19)11(26)8-23/h10-19,23-30H,3-9H2,1-2H3,(H,31,32)/t10-,11+,12-,13?,14+,15-,16?,17-,18?,19-,21-/m1/s1. The quantitative estimate of drug-likeness (QED) is 0.109. The Morgan fingerprint density at radius 3 is 2.19 bits per heavy atom. The molecule has 0 aromatic heterocycles. The lowest BCUT2D eigenvalue weighted by Gasteiger charge is -2.48. The number of hydrogen-bond donors (Lipinski definition) is 9. The van der Waals surface area contributed by atoms with Crippen molar-refractivity contribution in [1.29, 1.82) is 0 Å². The van der Waals surface area contributed by atoms with Crippen LogP contribution >= 0.6 is 0 Å². The number of hydrogen-bond acceptors (Lipinski definition) is 14. The average molecular weight is 530 g/mol. The monoisotopic (exact) mass is 529 g/mol. The summed E-state index contributed by atoms with van der Waals surface area (Å²) < 4.78 is 21.9. The second-order valence-electron chi connectivity index (χ2n) is 9.11. The topological polar surface area (TPSA) is 239 Å². The predicted octanol–water partition coefficient (Wildman–Crippen LogP) is -4.83. The minimum atomic E-state index is -2.40. The molecule has 0 aromatic carbocycles. The maximum Gasteiger partial charge on any atom is 0.364 e. The molecular weight excluding hydrogens is 490 g/mol. The van der Waals surface area contributed by atoms with Gasteiger partial charge in [0.2, 0.25) is 0 Å². The van der Waals surface area contributed by atoms with E-state index in [-0.39, 0.29) is 6.61 Å². The molecule has 0 amide bonds. The molecule has 0 spiro atoms. The van der Waals surface area contributed by atoms with Gasteiger partial charge in [0.1, 0.15) is 48.8 Å². The van der Waals surface area contributed by atoms with E-state index in [1.807, 2.05) is 11.8 Å². The van der Waals surface area contributed by atoms with Crippen molar-refractivity contribution in [3.05, 3.63) is 0 Å². The zero-order valence-electron chi connectivity index (χ0n) is 20.2. The second kappa shape index (κ2) is 13.7. The summed E-state index contributed by atoms with van der Waals surface area (Å²) in [5.74, 6) is -3.99. The summed E-state index contributed by atoms with van der Waals surface area (Å²) in [6.07, 6.45) is -17.3. The number of nitrogens with zero attached hydrogens (tertiary/aromatic N) is 1. The normalized spacial score (nSPS) is 39.2. The van der Waals surface area contributed by atoms with Gasteiger partial charge in [-0.2, -0.15) is 0 Å². The molecule has 0 aromatic rings. The highest BCUT2D eigenvalue weighted by atomic mass is 16.8. The lowest BCUT2D eigenvalue weighted by molar-refractivity contribution is -0.369. The molecular formula is C21H39NO14. The van der Waals surface area contributed by atoms with Crippen LogP contribution in [0.3, 0.4) is 0 Å². The fourth-order valence-electron chi connectivity index (χ4n) is 4.23. The average Bonchev–Trinajstić information content (AvgIpc) is 2.84. The van der Waals surface area contributed by atoms with Gasteiger partial charge in [-0.25, -0.2) is 4.79 Å². The molecule has 2 saturated heterocycles. The first-order valence-electron chi connectivity index (χ1n) is 11.8. The fourth-order valence-corrected chi connectivity index (χ4v) is 4.23. The minimum Gasteiger partial charge on any atom is -0.477 e. The number of ether oxygens (including phenoxy) is 4.